The second-order valence-electron chi connectivity index (χ2n) is 4.68. The van der Waals surface area contributed by atoms with Crippen molar-refractivity contribution in [2.75, 3.05) is 13.7 Å². The minimum Gasteiger partial charge on any atom is -0.490 e. The van der Waals surface area contributed by atoms with Crippen molar-refractivity contribution in [2.45, 2.75) is 20.1 Å². The third-order valence-corrected chi connectivity index (χ3v) is 3.48. The summed E-state index contributed by atoms with van der Waals surface area (Å²) in [5.41, 5.74) is 2.16. The molecule has 2 rings (SSSR count). The number of hydrogen-bond acceptors (Lipinski definition) is 4. The molecular formula is C15H20BrN3O2. The van der Waals surface area contributed by atoms with Gasteiger partial charge in [-0.25, -0.2) is 0 Å². The highest BCUT2D eigenvalue weighted by Gasteiger charge is 2.12. The normalized spacial score (nSPS) is 10.7. The van der Waals surface area contributed by atoms with Crippen molar-refractivity contribution in [1.29, 1.82) is 0 Å². The van der Waals surface area contributed by atoms with E-state index in [4.69, 9.17) is 9.47 Å². The average Bonchev–Trinajstić information content (AvgIpc) is 2.84. The van der Waals surface area contributed by atoms with Crippen LogP contribution in [0.5, 0.6) is 11.5 Å². The van der Waals surface area contributed by atoms with Crippen LogP contribution < -0.4 is 14.8 Å². The van der Waals surface area contributed by atoms with E-state index in [1.54, 1.807) is 10.9 Å². The van der Waals surface area contributed by atoms with Crippen molar-refractivity contribution in [3.8, 4) is 11.5 Å². The fourth-order valence-electron chi connectivity index (χ4n) is 2.03. The van der Waals surface area contributed by atoms with Crippen LogP contribution in [0.3, 0.4) is 0 Å². The number of benzene rings is 1. The lowest BCUT2D eigenvalue weighted by atomic mass is 10.2. The van der Waals surface area contributed by atoms with Gasteiger partial charge in [-0.3, -0.25) is 4.68 Å². The van der Waals surface area contributed by atoms with Crippen molar-refractivity contribution < 1.29 is 9.47 Å². The Kier molecular flexibility index (Phi) is 5.64. The standard InChI is InChI=1S/C15H20BrN3O2/c1-4-20-14-6-11(7-17-2)5-13(16)15(14)21-10-12-8-18-19(3)9-12/h5-6,8-9,17H,4,7,10H2,1-3H3. The molecule has 114 valence electrons. The Balaban J connectivity index is 2.19. The first-order valence-electron chi connectivity index (χ1n) is 6.84. The summed E-state index contributed by atoms with van der Waals surface area (Å²) in [6.45, 7) is 3.79. The summed E-state index contributed by atoms with van der Waals surface area (Å²) in [6, 6.07) is 4.04. The topological polar surface area (TPSA) is 48.3 Å². The molecule has 0 saturated heterocycles. The molecule has 0 bridgehead atoms. The zero-order chi connectivity index (χ0) is 15.2. The van der Waals surface area contributed by atoms with E-state index in [1.165, 1.54) is 0 Å². The van der Waals surface area contributed by atoms with Crippen molar-refractivity contribution in [3.05, 3.63) is 40.1 Å². The molecule has 21 heavy (non-hydrogen) atoms. The molecule has 1 heterocycles. The van der Waals surface area contributed by atoms with Crippen LogP contribution in [0, 0.1) is 0 Å². The number of rotatable bonds is 7. The minimum atomic E-state index is 0.456. The summed E-state index contributed by atoms with van der Waals surface area (Å²) in [5, 5.41) is 7.27. The Hall–Kier alpha value is -1.53. The maximum atomic E-state index is 5.91. The molecule has 5 nitrogen and oxygen atoms in total. The molecule has 0 atom stereocenters. The molecule has 0 aliphatic heterocycles. The quantitative estimate of drug-likeness (QED) is 0.831. The third kappa shape index (κ3) is 4.22. The van der Waals surface area contributed by atoms with E-state index in [0.717, 1.165) is 33.6 Å². The fourth-order valence-corrected chi connectivity index (χ4v) is 2.64. The molecule has 0 aliphatic rings. The average molecular weight is 354 g/mol. The van der Waals surface area contributed by atoms with Gasteiger partial charge in [-0.2, -0.15) is 5.10 Å². The van der Waals surface area contributed by atoms with Crippen LogP contribution in [0.25, 0.3) is 0 Å². The first-order valence-corrected chi connectivity index (χ1v) is 7.63. The molecule has 0 aliphatic carbocycles. The summed E-state index contributed by atoms with van der Waals surface area (Å²) >= 11 is 3.56. The first kappa shape index (κ1) is 15.9. The van der Waals surface area contributed by atoms with Crippen LogP contribution in [-0.2, 0) is 20.2 Å². The number of halogens is 1. The molecule has 1 aromatic carbocycles. The molecular weight excluding hydrogens is 334 g/mol. The second kappa shape index (κ2) is 7.47. The van der Waals surface area contributed by atoms with Gasteiger partial charge in [-0.1, -0.05) is 0 Å². The predicted octanol–water partition coefficient (Wildman–Crippen LogP) is 2.88. The van der Waals surface area contributed by atoms with E-state index >= 15 is 0 Å². The van der Waals surface area contributed by atoms with Gasteiger partial charge in [0.25, 0.3) is 0 Å². The van der Waals surface area contributed by atoms with Crippen LogP contribution in [0.1, 0.15) is 18.1 Å². The van der Waals surface area contributed by atoms with Crippen LogP contribution in [-0.4, -0.2) is 23.4 Å². The lowest BCUT2D eigenvalue weighted by Gasteiger charge is -2.15. The van der Waals surface area contributed by atoms with Gasteiger partial charge in [0.15, 0.2) is 11.5 Å². The molecule has 0 unspecified atom stereocenters. The molecule has 0 saturated carbocycles. The highest BCUT2D eigenvalue weighted by atomic mass is 79.9. The summed E-state index contributed by atoms with van der Waals surface area (Å²) in [5.74, 6) is 1.47. The number of aromatic nitrogens is 2. The Morgan fingerprint density at radius 1 is 1.29 bits per heavy atom. The zero-order valence-corrected chi connectivity index (χ0v) is 14.1. The van der Waals surface area contributed by atoms with Gasteiger partial charge in [0.2, 0.25) is 0 Å². The smallest absolute Gasteiger partial charge is 0.175 e. The van der Waals surface area contributed by atoms with E-state index < -0.39 is 0 Å². The van der Waals surface area contributed by atoms with Crippen molar-refractivity contribution in [1.82, 2.24) is 15.1 Å². The van der Waals surface area contributed by atoms with Crippen molar-refractivity contribution >= 4 is 15.9 Å². The van der Waals surface area contributed by atoms with Gasteiger partial charge >= 0.3 is 0 Å². The van der Waals surface area contributed by atoms with E-state index in [-0.39, 0.29) is 0 Å². The Labute approximate surface area is 133 Å². The number of nitrogens with zero attached hydrogens (tertiary/aromatic N) is 2. The third-order valence-electron chi connectivity index (χ3n) is 2.89. The molecule has 2 aromatic rings. The lowest BCUT2D eigenvalue weighted by Crippen LogP contribution is -2.07. The van der Waals surface area contributed by atoms with E-state index in [9.17, 15) is 0 Å². The number of nitrogens with one attached hydrogen (secondary N) is 1. The maximum absolute atomic E-state index is 5.91. The molecule has 1 aromatic heterocycles. The van der Waals surface area contributed by atoms with E-state index in [2.05, 4.69) is 26.3 Å². The lowest BCUT2D eigenvalue weighted by molar-refractivity contribution is 0.267. The predicted molar refractivity (Wildman–Crippen MR) is 85.6 cm³/mol. The number of ether oxygens (including phenoxy) is 2. The van der Waals surface area contributed by atoms with E-state index in [0.29, 0.717) is 13.2 Å². The van der Waals surface area contributed by atoms with Gasteiger partial charge in [-0.05, 0) is 47.6 Å². The van der Waals surface area contributed by atoms with Crippen LogP contribution >= 0.6 is 15.9 Å². The maximum Gasteiger partial charge on any atom is 0.175 e. The Bertz CT molecular complexity index is 599. The summed E-state index contributed by atoms with van der Waals surface area (Å²) < 4.78 is 14.3. The van der Waals surface area contributed by atoms with Gasteiger partial charge in [0, 0.05) is 25.4 Å². The largest absolute Gasteiger partial charge is 0.490 e. The molecule has 6 heteroatoms. The van der Waals surface area contributed by atoms with Crippen LogP contribution in [0.2, 0.25) is 0 Å². The summed E-state index contributed by atoms with van der Waals surface area (Å²) in [4.78, 5) is 0. The zero-order valence-electron chi connectivity index (χ0n) is 12.5. The Morgan fingerprint density at radius 3 is 2.71 bits per heavy atom. The van der Waals surface area contributed by atoms with Crippen molar-refractivity contribution in [3.63, 3.8) is 0 Å². The second-order valence-corrected chi connectivity index (χ2v) is 5.53. The molecule has 1 N–H and O–H groups in total. The number of hydrogen-bond donors (Lipinski definition) is 1. The summed E-state index contributed by atoms with van der Waals surface area (Å²) in [7, 11) is 3.80. The molecule has 0 amide bonds. The summed E-state index contributed by atoms with van der Waals surface area (Å²) in [6.07, 6.45) is 3.73. The highest BCUT2D eigenvalue weighted by Crippen LogP contribution is 2.37. The van der Waals surface area contributed by atoms with E-state index in [1.807, 2.05) is 39.3 Å². The molecule has 0 radical (unpaired) electrons. The SMILES string of the molecule is CCOc1cc(CNC)cc(Br)c1OCc1cnn(C)c1. The molecule has 0 spiro atoms. The Morgan fingerprint density at radius 2 is 2.10 bits per heavy atom. The molecule has 0 fully saturated rings. The minimum absolute atomic E-state index is 0.456. The van der Waals surface area contributed by atoms with Gasteiger partial charge in [0.1, 0.15) is 6.61 Å². The monoisotopic (exact) mass is 353 g/mol. The van der Waals surface area contributed by atoms with Gasteiger partial charge < -0.3 is 14.8 Å². The first-order chi connectivity index (χ1) is 10.1. The fraction of sp³-hybridized carbons (Fsp3) is 0.400. The van der Waals surface area contributed by atoms with Crippen molar-refractivity contribution in [2.24, 2.45) is 7.05 Å². The van der Waals surface area contributed by atoms with Gasteiger partial charge in [-0.15, -0.1) is 0 Å². The highest BCUT2D eigenvalue weighted by molar-refractivity contribution is 9.10. The number of aryl methyl sites for hydroxylation is 1. The van der Waals surface area contributed by atoms with Crippen LogP contribution in [0.15, 0.2) is 29.0 Å². The van der Waals surface area contributed by atoms with Gasteiger partial charge in [0.05, 0.1) is 17.3 Å². The van der Waals surface area contributed by atoms with Crippen LogP contribution in [0.4, 0.5) is 0 Å².